The number of rotatable bonds is 4. The summed E-state index contributed by atoms with van der Waals surface area (Å²) in [6.07, 6.45) is -1.99. The van der Waals surface area contributed by atoms with Crippen LogP contribution in [0, 0.1) is 0 Å². The number of aliphatic hydroxyl groups is 2. The van der Waals surface area contributed by atoms with Crippen LogP contribution in [0.3, 0.4) is 0 Å². The minimum absolute atomic E-state index is 0.174. The Labute approximate surface area is 122 Å². The fraction of sp³-hybridized carbons (Fsp3) is 0.500. The van der Waals surface area contributed by atoms with Crippen molar-refractivity contribution in [2.75, 3.05) is 12.3 Å². The van der Waals surface area contributed by atoms with E-state index >= 15 is 0 Å². The molecule has 12 nitrogen and oxygen atoms in total. The monoisotopic (exact) mass is 314 g/mol. The summed E-state index contributed by atoms with van der Waals surface area (Å²) in [5.74, 6) is 0.174. The van der Waals surface area contributed by atoms with Gasteiger partial charge in [0.25, 0.3) is 0 Å². The molecule has 2 aromatic heterocycles. The number of aliphatic hydroxyl groups excluding tert-OH is 2. The molecule has 3 heterocycles. The standard InChI is InChI=1S/C10H14N6O6/c11-8-5-9(13-2-12-8)15(3-14-5)10-7(18)6(17)4(22-10)1-21-16(19)20/h2-4,6-7,10,17-20H,1H2,(H2,11,12,13)/t4-,6-,7-,10-/m1/s1. The van der Waals surface area contributed by atoms with Gasteiger partial charge >= 0.3 is 0 Å². The fourth-order valence-corrected chi connectivity index (χ4v) is 2.29. The Morgan fingerprint density at radius 1 is 1.27 bits per heavy atom. The molecule has 4 atom stereocenters. The molecule has 0 saturated carbocycles. The second-order valence-corrected chi connectivity index (χ2v) is 4.68. The Hall–Kier alpha value is -1.93. The van der Waals surface area contributed by atoms with Crippen LogP contribution in [0.15, 0.2) is 12.7 Å². The molecule has 0 amide bonds. The Morgan fingerprint density at radius 3 is 2.77 bits per heavy atom. The number of ether oxygens (including phenoxy) is 1. The van der Waals surface area contributed by atoms with E-state index in [0.717, 1.165) is 0 Å². The van der Waals surface area contributed by atoms with Gasteiger partial charge in [0.05, 0.1) is 11.7 Å². The summed E-state index contributed by atoms with van der Waals surface area (Å²) in [7, 11) is 0. The maximum atomic E-state index is 10.1. The van der Waals surface area contributed by atoms with Gasteiger partial charge in [0.15, 0.2) is 17.7 Å². The lowest BCUT2D eigenvalue weighted by Gasteiger charge is -2.16. The van der Waals surface area contributed by atoms with Gasteiger partial charge < -0.3 is 20.7 Å². The van der Waals surface area contributed by atoms with Crippen LogP contribution in [0.5, 0.6) is 0 Å². The molecule has 0 aromatic carbocycles. The maximum absolute atomic E-state index is 10.1. The quantitative estimate of drug-likeness (QED) is 0.396. The predicted molar refractivity (Wildman–Crippen MR) is 67.0 cm³/mol. The summed E-state index contributed by atoms with van der Waals surface area (Å²) >= 11 is 0. The van der Waals surface area contributed by atoms with E-state index in [4.69, 9.17) is 20.9 Å². The first kappa shape index (κ1) is 15.0. The number of fused-ring (bicyclic) bond motifs is 1. The second kappa shape index (κ2) is 5.69. The number of hydrogen-bond acceptors (Lipinski definition) is 11. The van der Waals surface area contributed by atoms with Crippen LogP contribution in [0.25, 0.3) is 11.2 Å². The summed E-state index contributed by atoms with van der Waals surface area (Å²) in [5.41, 5.74) is 6.35. The molecule has 0 bridgehead atoms. The van der Waals surface area contributed by atoms with Gasteiger partial charge in [-0.3, -0.25) is 15.0 Å². The molecule has 1 fully saturated rings. The van der Waals surface area contributed by atoms with Crippen molar-refractivity contribution in [3.63, 3.8) is 0 Å². The molecule has 1 aliphatic heterocycles. The third-order valence-electron chi connectivity index (χ3n) is 3.35. The second-order valence-electron chi connectivity index (χ2n) is 4.68. The molecular formula is C10H14N6O6. The number of hydrogen-bond donors (Lipinski definition) is 5. The van der Waals surface area contributed by atoms with Crippen molar-refractivity contribution in [3.05, 3.63) is 12.7 Å². The number of anilines is 1. The Balaban J connectivity index is 1.86. The average Bonchev–Trinajstić information content (AvgIpc) is 3.01. The van der Waals surface area contributed by atoms with Gasteiger partial charge in [0.1, 0.15) is 36.8 Å². The minimum atomic E-state index is -1.30. The zero-order valence-corrected chi connectivity index (χ0v) is 11.1. The summed E-state index contributed by atoms with van der Waals surface area (Å²) in [6, 6.07) is 0. The van der Waals surface area contributed by atoms with Gasteiger partial charge in [-0.1, -0.05) is 0 Å². The average molecular weight is 314 g/mol. The Morgan fingerprint density at radius 2 is 2.05 bits per heavy atom. The molecular weight excluding hydrogens is 300 g/mol. The largest absolute Gasteiger partial charge is 0.387 e. The molecule has 0 radical (unpaired) electrons. The lowest BCUT2D eigenvalue weighted by atomic mass is 10.1. The van der Waals surface area contributed by atoms with Gasteiger partial charge in [-0.25, -0.2) is 19.8 Å². The van der Waals surface area contributed by atoms with Crippen molar-refractivity contribution in [1.29, 1.82) is 0 Å². The Bertz CT molecular complexity index is 664. The molecule has 2 aromatic rings. The molecule has 120 valence electrons. The fourth-order valence-electron chi connectivity index (χ4n) is 2.29. The first-order valence-corrected chi connectivity index (χ1v) is 6.24. The maximum Gasteiger partial charge on any atom is 0.167 e. The molecule has 0 spiro atoms. The van der Waals surface area contributed by atoms with Crippen LogP contribution in [0.2, 0.25) is 0 Å². The minimum Gasteiger partial charge on any atom is -0.387 e. The van der Waals surface area contributed by atoms with E-state index in [1.165, 1.54) is 17.2 Å². The zero-order valence-electron chi connectivity index (χ0n) is 11.1. The van der Waals surface area contributed by atoms with Crippen molar-refractivity contribution in [2.24, 2.45) is 0 Å². The topological polar surface area (TPSA) is 172 Å². The van der Waals surface area contributed by atoms with Gasteiger partial charge in [0.2, 0.25) is 0 Å². The first-order valence-electron chi connectivity index (χ1n) is 6.24. The van der Waals surface area contributed by atoms with E-state index in [2.05, 4.69) is 19.8 Å². The predicted octanol–water partition coefficient (Wildman–Crippen LogP) is -1.96. The van der Waals surface area contributed by atoms with Gasteiger partial charge in [-0.2, -0.15) is 0 Å². The SMILES string of the molecule is Nc1ncnc2c1ncn2[C@@H]1O[C@H](CON(O)O)[C@@H](O)[C@H]1O. The van der Waals surface area contributed by atoms with E-state index in [1.54, 1.807) is 0 Å². The highest BCUT2D eigenvalue weighted by Crippen LogP contribution is 2.32. The first-order chi connectivity index (χ1) is 10.5. The van der Waals surface area contributed by atoms with Crippen LogP contribution in [0.4, 0.5) is 5.82 Å². The molecule has 1 saturated heterocycles. The molecule has 22 heavy (non-hydrogen) atoms. The highest BCUT2D eigenvalue weighted by molar-refractivity contribution is 5.81. The van der Waals surface area contributed by atoms with Crippen molar-refractivity contribution in [3.8, 4) is 0 Å². The van der Waals surface area contributed by atoms with Crippen LogP contribution in [0.1, 0.15) is 6.23 Å². The third kappa shape index (κ3) is 2.48. The zero-order chi connectivity index (χ0) is 15.9. The van der Waals surface area contributed by atoms with Crippen molar-refractivity contribution < 1.29 is 30.2 Å². The van der Waals surface area contributed by atoms with Crippen LogP contribution in [-0.4, -0.2) is 70.5 Å². The van der Waals surface area contributed by atoms with Crippen molar-refractivity contribution in [2.45, 2.75) is 24.5 Å². The number of nitrogen functional groups attached to an aromatic ring is 1. The van der Waals surface area contributed by atoms with E-state index in [1.807, 2.05) is 0 Å². The number of aromatic nitrogens is 4. The smallest absolute Gasteiger partial charge is 0.167 e. The number of imidazole rings is 1. The molecule has 3 rings (SSSR count). The molecule has 0 aliphatic carbocycles. The normalized spacial score (nSPS) is 28.8. The van der Waals surface area contributed by atoms with Gasteiger partial charge in [0, 0.05) is 0 Å². The third-order valence-corrected chi connectivity index (χ3v) is 3.35. The van der Waals surface area contributed by atoms with Gasteiger partial charge in [-0.05, 0) is 0 Å². The highest BCUT2D eigenvalue weighted by atomic mass is 17.1. The summed E-state index contributed by atoms with van der Waals surface area (Å²) in [4.78, 5) is 16.3. The van der Waals surface area contributed by atoms with E-state index in [9.17, 15) is 10.2 Å². The summed E-state index contributed by atoms with van der Waals surface area (Å²) < 4.78 is 6.88. The van der Waals surface area contributed by atoms with Crippen molar-refractivity contribution >= 4 is 17.0 Å². The van der Waals surface area contributed by atoms with Crippen LogP contribution in [-0.2, 0) is 9.57 Å². The molecule has 0 unspecified atom stereocenters. The molecule has 6 N–H and O–H groups in total. The number of nitrogens with zero attached hydrogens (tertiary/aromatic N) is 5. The summed E-state index contributed by atoms with van der Waals surface area (Å²) in [6.45, 7) is -0.383. The highest BCUT2D eigenvalue weighted by Gasteiger charge is 2.44. The van der Waals surface area contributed by atoms with Gasteiger partial charge in [-0.15, -0.1) is 0 Å². The van der Waals surface area contributed by atoms with Crippen molar-refractivity contribution in [1.82, 2.24) is 24.9 Å². The molecule has 12 heteroatoms. The van der Waals surface area contributed by atoms with Crippen LogP contribution >= 0.6 is 0 Å². The lowest BCUT2D eigenvalue weighted by Crippen LogP contribution is -2.35. The lowest BCUT2D eigenvalue weighted by molar-refractivity contribution is -0.496. The van der Waals surface area contributed by atoms with E-state index < -0.39 is 29.9 Å². The van der Waals surface area contributed by atoms with E-state index in [-0.39, 0.29) is 12.4 Å². The Kier molecular flexibility index (Phi) is 3.88. The summed E-state index contributed by atoms with van der Waals surface area (Å²) in [5, 5.41) is 36.6. The van der Waals surface area contributed by atoms with E-state index in [0.29, 0.717) is 11.2 Å². The van der Waals surface area contributed by atoms with Crippen LogP contribution < -0.4 is 5.73 Å². The molecule has 1 aliphatic rings. The number of nitrogens with two attached hydrogens (primary N) is 1.